The number of carbonyl (C=O) groups excluding carboxylic acids is 1. The number of amides is 1. The van der Waals surface area contributed by atoms with Crippen LogP contribution in [-0.4, -0.2) is 18.5 Å². The molecule has 0 heterocycles. The van der Waals surface area contributed by atoms with Crippen molar-refractivity contribution in [3.63, 3.8) is 0 Å². The molecule has 2 unspecified atom stereocenters. The molecule has 0 saturated carbocycles. The molecule has 0 aromatic heterocycles. The number of carbonyl (C=O) groups is 1. The molecule has 0 aliphatic rings. The lowest BCUT2D eigenvalue weighted by molar-refractivity contribution is -0.120. The van der Waals surface area contributed by atoms with Crippen molar-refractivity contribution < 1.29 is 4.79 Å². The Morgan fingerprint density at radius 1 is 1.38 bits per heavy atom. The van der Waals surface area contributed by atoms with Gasteiger partial charge in [-0.2, -0.15) is 0 Å². The summed E-state index contributed by atoms with van der Waals surface area (Å²) in [5.74, 6) is 0.963. The lowest BCUT2D eigenvalue weighted by atomic mass is 9.98. The van der Waals surface area contributed by atoms with Crippen LogP contribution < -0.4 is 11.1 Å². The van der Waals surface area contributed by atoms with Crippen LogP contribution in [0.5, 0.6) is 0 Å². The molecule has 78 valence electrons. The number of nitrogens with one attached hydrogen (secondary N) is 1. The summed E-state index contributed by atoms with van der Waals surface area (Å²) in [7, 11) is 0. The second kappa shape index (κ2) is 5.97. The lowest BCUT2D eigenvalue weighted by Crippen LogP contribution is -2.43. The van der Waals surface area contributed by atoms with Gasteiger partial charge in [0, 0.05) is 0 Å². The van der Waals surface area contributed by atoms with E-state index in [1.165, 1.54) is 0 Å². The van der Waals surface area contributed by atoms with Gasteiger partial charge in [-0.3, -0.25) is 4.79 Å². The molecule has 0 aliphatic heterocycles. The van der Waals surface area contributed by atoms with Gasteiger partial charge in [0.25, 0.3) is 0 Å². The molecule has 0 aliphatic carbocycles. The standard InChI is InChI=1S/C10H22N2O/c1-5-9(10(11)13)12-6-8(4)7(2)3/h7-9,12H,5-6H2,1-4H3,(H2,11,13). The highest BCUT2D eigenvalue weighted by Crippen LogP contribution is 2.08. The minimum Gasteiger partial charge on any atom is -0.368 e. The van der Waals surface area contributed by atoms with E-state index < -0.39 is 0 Å². The van der Waals surface area contributed by atoms with Crippen LogP contribution in [0.15, 0.2) is 0 Å². The van der Waals surface area contributed by atoms with Gasteiger partial charge in [0.15, 0.2) is 0 Å². The van der Waals surface area contributed by atoms with E-state index in [9.17, 15) is 4.79 Å². The molecule has 0 radical (unpaired) electrons. The first-order valence-corrected chi connectivity index (χ1v) is 5.01. The van der Waals surface area contributed by atoms with E-state index in [0.29, 0.717) is 11.8 Å². The van der Waals surface area contributed by atoms with Gasteiger partial charge in [-0.05, 0) is 24.8 Å². The first-order valence-electron chi connectivity index (χ1n) is 5.01. The maximum atomic E-state index is 10.9. The fourth-order valence-corrected chi connectivity index (χ4v) is 1.01. The second-order valence-electron chi connectivity index (χ2n) is 3.99. The monoisotopic (exact) mass is 186 g/mol. The molecule has 0 aromatic carbocycles. The molecular weight excluding hydrogens is 164 g/mol. The average molecular weight is 186 g/mol. The number of hydrogen-bond acceptors (Lipinski definition) is 2. The molecule has 0 bridgehead atoms. The molecule has 0 spiro atoms. The van der Waals surface area contributed by atoms with Crippen LogP contribution in [0.2, 0.25) is 0 Å². The Morgan fingerprint density at radius 3 is 2.23 bits per heavy atom. The summed E-state index contributed by atoms with van der Waals surface area (Å²) in [5, 5.41) is 3.18. The molecule has 0 saturated heterocycles. The highest BCUT2D eigenvalue weighted by molar-refractivity contribution is 5.79. The number of rotatable bonds is 6. The fraction of sp³-hybridized carbons (Fsp3) is 0.900. The topological polar surface area (TPSA) is 55.1 Å². The highest BCUT2D eigenvalue weighted by atomic mass is 16.1. The molecule has 3 heteroatoms. The van der Waals surface area contributed by atoms with Gasteiger partial charge in [0.05, 0.1) is 6.04 Å². The lowest BCUT2D eigenvalue weighted by Gasteiger charge is -2.19. The van der Waals surface area contributed by atoms with Crippen LogP contribution in [0.1, 0.15) is 34.1 Å². The van der Waals surface area contributed by atoms with Gasteiger partial charge in [0.1, 0.15) is 0 Å². The van der Waals surface area contributed by atoms with Gasteiger partial charge < -0.3 is 11.1 Å². The summed E-state index contributed by atoms with van der Waals surface area (Å²) in [6.45, 7) is 9.35. The third-order valence-corrected chi connectivity index (χ3v) is 2.58. The van der Waals surface area contributed by atoms with E-state index in [1.807, 2.05) is 6.92 Å². The quantitative estimate of drug-likeness (QED) is 0.653. The van der Waals surface area contributed by atoms with Crippen molar-refractivity contribution in [1.29, 1.82) is 0 Å². The van der Waals surface area contributed by atoms with Crippen molar-refractivity contribution in [2.45, 2.75) is 40.2 Å². The summed E-state index contributed by atoms with van der Waals surface area (Å²) in [6.07, 6.45) is 0.764. The van der Waals surface area contributed by atoms with Crippen LogP contribution in [0, 0.1) is 11.8 Å². The molecule has 3 N–H and O–H groups in total. The normalized spacial score (nSPS) is 15.8. The predicted molar refractivity (Wildman–Crippen MR) is 55.3 cm³/mol. The Labute approximate surface area is 81.1 Å². The summed E-state index contributed by atoms with van der Waals surface area (Å²) >= 11 is 0. The van der Waals surface area contributed by atoms with Crippen molar-refractivity contribution in [3.8, 4) is 0 Å². The van der Waals surface area contributed by atoms with Crippen LogP contribution in [0.25, 0.3) is 0 Å². The summed E-state index contributed by atoms with van der Waals surface area (Å²) in [6, 6.07) is -0.166. The maximum Gasteiger partial charge on any atom is 0.234 e. The van der Waals surface area contributed by atoms with Gasteiger partial charge in [-0.15, -0.1) is 0 Å². The Kier molecular flexibility index (Phi) is 5.71. The smallest absolute Gasteiger partial charge is 0.234 e. The van der Waals surface area contributed by atoms with Crippen molar-refractivity contribution in [2.24, 2.45) is 17.6 Å². The third-order valence-electron chi connectivity index (χ3n) is 2.58. The maximum absolute atomic E-state index is 10.9. The zero-order valence-corrected chi connectivity index (χ0v) is 9.13. The first-order chi connectivity index (χ1) is 5.99. The van der Waals surface area contributed by atoms with E-state index in [2.05, 4.69) is 26.1 Å². The third kappa shape index (κ3) is 4.88. The van der Waals surface area contributed by atoms with E-state index in [0.717, 1.165) is 13.0 Å². The van der Waals surface area contributed by atoms with Gasteiger partial charge >= 0.3 is 0 Å². The summed E-state index contributed by atoms with van der Waals surface area (Å²) in [5.41, 5.74) is 5.21. The highest BCUT2D eigenvalue weighted by Gasteiger charge is 2.14. The van der Waals surface area contributed by atoms with Crippen LogP contribution >= 0.6 is 0 Å². The minimum atomic E-state index is -0.251. The van der Waals surface area contributed by atoms with Gasteiger partial charge in [0.2, 0.25) is 5.91 Å². The molecule has 2 atom stereocenters. The average Bonchev–Trinajstić information content (AvgIpc) is 2.04. The minimum absolute atomic E-state index is 0.166. The molecule has 1 amide bonds. The SMILES string of the molecule is CCC(NCC(C)C(C)C)C(N)=O. The molecule has 0 fully saturated rings. The molecular formula is C10H22N2O. The van der Waals surface area contributed by atoms with E-state index in [-0.39, 0.29) is 11.9 Å². The molecule has 0 aromatic rings. The number of primary amides is 1. The van der Waals surface area contributed by atoms with E-state index in [1.54, 1.807) is 0 Å². The largest absolute Gasteiger partial charge is 0.368 e. The Hall–Kier alpha value is -0.570. The fourth-order valence-electron chi connectivity index (χ4n) is 1.01. The van der Waals surface area contributed by atoms with Crippen LogP contribution in [0.3, 0.4) is 0 Å². The zero-order chi connectivity index (χ0) is 10.4. The Bertz CT molecular complexity index is 157. The van der Waals surface area contributed by atoms with Crippen molar-refractivity contribution in [3.05, 3.63) is 0 Å². The van der Waals surface area contributed by atoms with Gasteiger partial charge in [-0.1, -0.05) is 27.7 Å². The Balaban J connectivity index is 3.78. The number of hydrogen-bond donors (Lipinski definition) is 2. The van der Waals surface area contributed by atoms with Crippen molar-refractivity contribution >= 4 is 5.91 Å². The Morgan fingerprint density at radius 2 is 1.92 bits per heavy atom. The second-order valence-corrected chi connectivity index (χ2v) is 3.99. The van der Waals surface area contributed by atoms with Crippen molar-refractivity contribution in [2.75, 3.05) is 6.54 Å². The van der Waals surface area contributed by atoms with E-state index >= 15 is 0 Å². The first kappa shape index (κ1) is 12.4. The summed E-state index contributed by atoms with van der Waals surface area (Å²) < 4.78 is 0. The number of nitrogens with two attached hydrogens (primary N) is 1. The van der Waals surface area contributed by atoms with Crippen LogP contribution in [0.4, 0.5) is 0 Å². The van der Waals surface area contributed by atoms with E-state index in [4.69, 9.17) is 5.73 Å². The van der Waals surface area contributed by atoms with Crippen LogP contribution in [-0.2, 0) is 4.79 Å². The van der Waals surface area contributed by atoms with Gasteiger partial charge in [-0.25, -0.2) is 0 Å². The predicted octanol–water partition coefficient (Wildman–Crippen LogP) is 1.13. The molecule has 0 rings (SSSR count). The molecule has 3 nitrogen and oxygen atoms in total. The molecule has 13 heavy (non-hydrogen) atoms. The zero-order valence-electron chi connectivity index (χ0n) is 9.13. The summed E-state index contributed by atoms with van der Waals surface area (Å²) in [4.78, 5) is 10.9. The van der Waals surface area contributed by atoms with Crippen molar-refractivity contribution in [1.82, 2.24) is 5.32 Å².